The predicted molar refractivity (Wildman–Crippen MR) is 111 cm³/mol. The summed E-state index contributed by atoms with van der Waals surface area (Å²) in [6.45, 7) is 2.30. The van der Waals surface area contributed by atoms with Crippen molar-refractivity contribution in [1.29, 1.82) is 0 Å². The van der Waals surface area contributed by atoms with Crippen LogP contribution in [0.15, 0.2) is 36.4 Å². The lowest BCUT2D eigenvalue weighted by atomic mass is 10.1. The molecular formula is C20H24ClN3O5. The van der Waals surface area contributed by atoms with Gasteiger partial charge in [-0.15, -0.1) is 0 Å². The SMILES string of the molecule is CCOc1cc(C(=O)NCC(c2ccccc2Cl)N(C)C)c([N+](=O)[O-])cc1OC. The van der Waals surface area contributed by atoms with Crippen molar-refractivity contribution in [3.05, 3.63) is 62.7 Å². The third-order valence-electron chi connectivity index (χ3n) is 4.37. The molecule has 2 aromatic rings. The van der Waals surface area contributed by atoms with Crippen LogP contribution in [0.25, 0.3) is 0 Å². The van der Waals surface area contributed by atoms with E-state index in [4.69, 9.17) is 21.1 Å². The number of nitrogens with one attached hydrogen (secondary N) is 1. The van der Waals surface area contributed by atoms with E-state index in [9.17, 15) is 14.9 Å². The highest BCUT2D eigenvalue weighted by atomic mass is 35.5. The van der Waals surface area contributed by atoms with Crippen molar-refractivity contribution in [1.82, 2.24) is 10.2 Å². The van der Waals surface area contributed by atoms with E-state index in [2.05, 4.69) is 5.32 Å². The first-order chi connectivity index (χ1) is 13.8. The summed E-state index contributed by atoms with van der Waals surface area (Å²) in [5.74, 6) is -0.127. The monoisotopic (exact) mass is 421 g/mol. The number of nitrogens with zero attached hydrogens (tertiary/aromatic N) is 2. The van der Waals surface area contributed by atoms with Crippen molar-refractivity contribution in [3.8, 4) is 11.5 Å². The minimum absolute atomic E-state index is 0.101. The second-order valence-electron chi connectivity index (χ2n) is 6.42. The Balaban J connectivity index is 2.32. The van der Waals surface area contributed by atoms with Gasteiger partial charge in [0.1, 0.15) is 5.56 Å². The number of amides is 1. The molecule has 156 valence electrons. The molecule has 29 heavy (non-hydrogen) atoms. The Morgan fingerprint density at radius 3 is 2.52 bits per heavy atom. The van der Waals surface area contributed by atoms with E-state index >= 15 is 0 Å². The van der Waals surface area contributed by atoms with Gasteiger partial charge in [-0.3, -0.25) is 14.9 Å². The molecule has 0 spiro atoms. The number of likely N-dealkylation sites (N-methyl/N-ethyl adjacent to an activating group) is 1. The number of carbonyl (C=O) groups excluding carboxylic acids is 1. The maximum atomic E-state index is 12.8. The topological polar surface area (TPSA) is 93.9 Å². The predicted octanol–water partition coefficient (Wildman–Crippen LogP) is 3.69. The number of nitro benzene ring substituents is 1. The van der Waals surface area contributed by atoms with E-state index in [1.54, 1.807) is 13.0 Å². The summed E-state index contributed by atoms with van der Waals surface area (Å²) in [4.78, 5) is 25.6. The molecule has 0 aromatic heterocycles. The highest BCUT2D eigenvalue weighted by molar-refractivity contribution is 6.31. The molecule has 9 heteroatoms. The molecule has 0 aliphatic carbocycles. The maximum absolute atomic E-state index is 12.8. The lowest BCUT2D eigenvalue weighted by Gasteiger charge is -2.26. The van der Waals surface area contributed by atoms with Crippen molar-refractivity contribution in [2.45, 2.75) is 13.0 Å². The van der Waals surface area contributed by atoms with Crippen molar-refractivity contribution in [3.63, 3.8) is 0 Å². The zero-order valence-corrected chi connectivity index (χ0v) is 17.5. The fourth-order valence-corrected chi connectivity index (χ4v) is 3.17. The Labute approximate surface area is 174 Å². The number of carbonyl (C=O) groups is 1. The van der Waals surface area contributed by atoms with Crippen LogP contribution >= 0.6 is 11.6 Å². The smallest absolute Gasteiger partial charge is 0.286 e. The molecule has 8 nitrogen and oxygen atoms in total. The van der Waals surface area contributed by atoms with Crippen molar-refractivity contribution in [2.24, 2.45) is 0 Å². The van der Waals surface area contributed by atoms with E-state index in [0.29, 0.717) is 11.6 Å². The number of benzene rings is 2. The molecule has 0 radical (unpaired) electrons. The van der Waals surface area contributed by atoms with Gasteiger partial charge in [0.2, 0.25) is 0 Å². The first-order valence-corrected chi connectivity index (χ1v) is 9.36. The normalized spacial score (nSPS) is 11.8. The van der Waals surface area contributed by atoms with Gasteiger partial charge in [-0.05, 0) is 32.6 Å². The van der Waals surface area contributed by atoms with Gasteiger partial charge in [0.15, 0.2) is 11.5 Å². The molecule has 2 rings (SSSR count). The lowest BCUT2D eigenvalue weighted by molar-refractivity contribution is -0.385. The van der Waals surface area contributed by atoms with Gasteiger partial charge in [0.25, 0.3) is 11.6 Å². The molecule has 1 N–H and O–H groups in total. The molecule has 0 saturated heterocycles. The summed E-state index contributed by atoms with van der Waals surface area (Å²) in [7, 11) is 5.11. The van der Waals surface area contributed by atoms with Gasteiger partial charge in [0, 0.05) is 17.6 Å². The molecule has 0 fully saturated rings. The van der Waals surface area contributed by atoms with Gasteiger partial charge < -0.3 is 19.7 Å². The van der Waals surface area contributed by atoms with E-state index in [0.717, 1.165) is 5.56 Å². The standard InChI is InChI=1S/C20H24ClN3O5/c1-5-29-19-10-14(16(24(26)27)11-18(19)28-4)20(25)22-12-17(23(2)3)13-8-6-7-9-15(13)21/h6-11,17H,5,12H2,1-4H3,(H,22,25). The average molecular weight is 422 g/mol. The first-order valence-electron chi connectivity index (χ1n) is 8.98. The number of hydrogen-bond acceptors (Lipinski definition) is 6. The quantitative estimate of drug-likeness (QED) is 0.490. The van der Waals surface area contributed by atoms with E-state index in [-0.39, 0.29) is 35.3 Å². The summed E-state index contributed by atoms with van der Waals surface area (Å²) in [5.41, 5.74) is 0.386. The molecule has 1 atom stereocenters. The summed E-state index contributed by atoms with van der Waals surface area (Å²) in [5, 5.41) is 14.8. The largest absolute Gasteiger partial charge is 0.493 e. The summed E-state index contributed by atoms with van der Waals surface area (Å²) in [6, 6.07) is 9.65. The van der Waals surface area contributed by atoms with E-state index in [1.165, 1.54) is 19.2 Å². The number of methoxy groups -OCH3 is 1. The number of halogens is 1. The molecular weight excluding hydrogens is 398 g/mol. The van der Waals surface area contributed by atoms with Gasteiger partial charge in [-0.1, -0.05) is 29.8 Å². The van der Waals surface area contributed by atoms with Crippen molar-refractivity contribution >= 4 is 23.2 Å². The van der Waals surface area contributed by atoms with Crippen LogP contribution in [0.2, 0.25) is 5.02 Å². The zero-order valence-electron chi connectivity index (χ0n) is 16.8. The number of rotatable bonds is 9. The third kappa shape index (κ3) is 5.36. The Kier molecular flexibility index (Phi) is 7.81. The number of ether oxygens (including phenoxy) is 2. The van der Waals surface area contributed by atoms with Crippen molar-refractivity contribution in [2.75, 3.05) is 34.4 Å². The summed E-state index contributed by atoms with van der Waals surface area (Å²) in [6.07, 6.45) is 0. The van der Waals surface area contributed by atoms with Crippen LogP contribution in [0.1, 0.15) is 28.9 Å². The Morgan fingerprint density at radius 1 is 1.28 bits per heavy atom. The van der Waals surface area contributed by atoms with Crippen LogP contribution in [0.5, 0.6) is 11.5 Å². The van der Waals surface area contributed by atoms with Crippen LogP contribution < -0.4 is 14.8 Å². The second-order valence-corrected chi connectivity index (χ2v) is 6.83. The highest BCUT2D eigenvalue weighted by Gasteiger charge is 2.26. The summed E-state index contributed by atoms with van der Waals surface area (Å²) < 4.78 is 10.6. The lowest BCUT2D eigenvalue weighted by Crippen LogP contribution is -2.35. The molecule has 0 aliphatic rings. The Hall–Kier alpha value is -2.84. The second kappa shape index (κ2) is 10.1. The third-order valence-corrected chi connectivity index (χ3v) is 4.71. The number of hydrogen-bond donors (Lipinski definition) is 1. The van der Waals surface area contributed by atoms with Crippen LogP contribution in [0.3, 0.4) is 0 Å². The Bertz CT molecular complexity index is 888. The average Bonchev–Trinajstić information content (AvgIpc) is 2.68. The van der Waals surface area contributed by atoms with Crippen LogP contribution in [-0.4, -0.2) is 50.1 Å². The zero-order chi connectivity index (χ0) is 21.6. The molecule has 1 unspecified atom stereocenters. The van der Waals surface area contributed by atoms with Crippen LogP contribution in [0.4, 0.5) is 5.69 Å². The minimum Gasteiger partial charge on any atom is -0.493 e. The first kappa shape index (κ1) is 22.4. The van der Waals surface area contributed by atoms with Crippen LogP contribution in [-0.2, 0) is 0 Å². The highest BCUT2D eigenvalue weighted by Crippen LogP contribution is 2.35. The molecule has 2 aromatic carbocycles. The van der Waals surface area contributed by atoms with Gasteiger partial charge in [-0.2, -0.15) is 0 Å². The van der Waals surface area contributed by atoms with Gasteiger partial charge in [-0.25, -0.2) is 0 Å². The van der Waals surface area contributed by atoms with E-state index < -0.39 is 10.8 Å². The maximum Gasteiger partial charge on any atom is 0.286 e. The van der Waals surface area contributed by atoms with Crippen molar-refractivity contribution < 1.29 is 19.2 Å². The number of nitro groups is 1. The molecule has 0 aliphatic heterocycles. The van der Waals surface area contributed by atoms with Crippen LogP contribution in [0, 0.1) is 10.1 Å². The Morgan fingerprint density at radius 2 is 1.97 bits per heavy atom. The molecule has 0 heterocycles. The molecule has 1 amide bonds. The van der Waals surface area contributed by atoms with Gasteiger partial charge in [0.05, 0.1) is 30.7 Å². The molecule has 0 bridgehead atoms. The minimum atomic E-state index is -0.620. The molecule has 0 saturated carbocycles. The van der Waals surface area contributed by atoms with Gasteiger partial charge >= 0.3 is 0 Å². The van der Waals surface area contributed by atoms with E-state index in [1.807, 2.05) is 37.2 Å². The summed E-state index contributed by atoms with van der Waals surface area (Å²) >= 11 is 6.29. The fourth-order valence-electron chi connectivity index (χ4n) is 2.91. The fraction of sp³-hybridized carbons (Fsp3) is 0.350.